The van der Waals surface area contributed by atoms with Gasteiger partial charge in [0, 0.05) is 12.6 Å². The lowest BCUT2D eigenvalue weighted by molar-refractivity contribution is 0.246. The molecule has 1 aliphatic carbocycles. The first kappa shape index (κ1) is 16.4. The average molecular weight is 293 g/mol. The Kier molecular flexibility index (Phi) is 6.58. The first-order valence-corrected chi connectivity index (χ1v) is 8.33. The van der Waals surface area contributed by atoms with Crippen LogP contribution in [0.25, 0.3) is 0 Å². The van der Waals surface area contributed by atoms with Crippen molar-refractivity contribution < 1.29 is 4.39 Å². The Morgan fingerprint density at radius 2 is 2.10 bits per heavy atom. The van der Waals surface area contributed by atoms with E-state index in [0.717, 1.165) is 37.7 Å². The van der Waals surface area contributed by atoms with Gasteiger partial charge >= 0.3 is 0 Å². The molecule has 1 N–H and O–H groups in total. The van der Waals surface area contributed by atoms with Crippen LogP contribution in [0.1, 0.15) is 57.7 Å². The number of hydrogen-bond donors (Lipinski definition) is 1. The van der Waals surface area contributed by atoms with E-state index in [4.69, 9.17) is 0 Å². The van der Waals surface area contributed by atoms with Gasteiger partial charge < -0.3 is 10.2 Å². The molecule has 0 bridgehead atoms. The lowest BCUT2D eigenvalue weighted by Crippen LogP contribution is -2.32. The fourth-order valence-electron chi connectivity index (χ4n) is 2.77. The van der Waals surface area contributed by atoms with Crippen LogP contribution in [0.4, 0.5) is 4.39 Å². The van der Waals surface area contributed by atoms with Crippen molar-refractivity contribution in [2.45, 2.75) is 58.0 Å². The Hall–Kier alpha value is -1.00. The van der Waals surface area contributed by atoms with E-state index in [2.05, 4.69) is 29.0 Å². The fourth-order valence-corrected chi connectivity index (χ4v) is 2.77. The molecule has 0 amide bonds. The van der Waals surface area contributed by atoms with Crippen LogP contribution in [0.2, 0.25) is 0 Å². The largest absolute Gasteiger partial charge is 0.309 e. The predicted molar refractivity (Wildman–Crippen MR) is 84.7 cm³/mol. The molecule has 1 aromatic heterocycles. The van der Waals surface area contributed by atoms with Gasteiger partial charge in [-0.1, -0.05) is 13.8 Å². The van der Waals surface area contributed by atoms with Crippen molar-refractivity contribution in [3.05, 3.63) is 29.8 Å². The highest BCUT2D eigenvalue weighted by Gasteiger charge is 2.28. The van der Waals surface area contributed by atoms with Crippen LogP contribution in [0.3, 0.4) is 0 Å². The Morgan fingerprint density at radius 1 is 1.29 bits per heavy atom. The maximum atomic E-state index is 13.0. The van der Waals surface area contributed by atoms with E-state index in [1.807, 2.05) is 6.07 Å². The molecule has 0 aliphatic heterocycles. The Morgan fingerprint density at radius 3 is 2.67 bits per heavy atom. The zero-order chi connectivity index (χ0) is 15.1. The predicted octanol–water partition coefficient (Wildman–Crippen LogP) is 3.53. The number of nitrogens with one attached hydrogen (secondary N) is 1. The smallest absolute Gasteiger partial charge is 0.141 e. The molecule has 118 valence electrons. The quantitative estimate of drug-likeness (QED) is 0.715. The summed E-state index contributed by atoms with van der Waals surface area (Å²) in [6, 6.07) is 4.35. The monoisotopic (exact) mass is 293 g/mol. The SMILES string of the molecule is CCCNC(CCN(CCC)C1CC1)c1ccc(F)cn1. The minimum absolute atomic E-state index is 0.226. The van der Waals surface area contributed by atoms with Gasteiger partial charge in [-0.25, -0.2) is 4.39 Å². The molecule has 1 atom stereocenters. The molecule has 1 heterocycles. The maximum absolute atomic E-state index is 13.0. The molecule has 1 saturated carbocycles. The van der Waals surface area contributed by atoms with Crippen LogP contribution in [-0.2, 0) is 0 Å². The molecule has 21 heavy (non-hydrogen) atoms. The zero-order valence-corrected chi connectivity index (χ0v) is 13.3. The van der Waals surface area contributed by atoms with Crippen LogP contribution >= 0.6 is 0 Å². The highest BCUT2D eigenvalue weighted by atomic mass is 19.1. The molecule has 1 unspecified atom stereocenters. The summed E-state index contributed by atoms with van der Waals surface area (Å²) in [7, 11) is 0. The summed E-state index contributed by atoms with van der Waals surface area (Å²) in [6.45, 7) is 7.65. The van der Waals surface area contributed by atoms with Gasteiger partial charge in [-0.2, -0.15) is 0 Å². The van der Waals surface area contributed by atoms with Gasteiger partial charge in [0.15, 0.2) is 0 Å². The van der Waals surface area contributed by atoms with Gasteiger partial charge in [0.2, 0.25) is 0 Å². The summed E-state index contributed by atoms with van der Waals surface area (Å²) >= 11 is 0. The molecule has 3 nitrogen and oxygen atoms in total. The second-order valence-electron chi connectivity index (χ2n) is 5.96. The molecule has 1 fully saturated rings. The van der Waals surface area contributed by atoms with Gasteiger partial charge in [0.05, 0.1) is 17.9 Å². The molecule has 4 heteroatoms. The molecule has 0 spiro atoms. The average Bonchev–Trinajstić information content (AvgIpc) is 3.32. The third-order valence-electron chi connectivity index (χ3n) is 4.03. The number of hydrogen-bond acceptors (Lipinski definition) is 3. The lowest BCUT2D eigenvalue weighted by Gasteiger charge is -2.25. The number of nitrogens with zero attached hydrogens (tertiary/aromatic N) is 2. The highest BCUT2D eigenvalue weighted by molar-refractivity contribution is 5.10. The third-order valence-corrected chi connectivity index (χ3v) is 4.03. The van der Waals surface area contributed by atoms with Gasteiger partial charge in [-0.3, -0.25) is 4.98 Å². The normalized spacial score (nSPS) is 16.4. The molecule has 1 aromatic rings. The zero-order valence-electron chi connectivity index (χ0n) is 13.3. The van der Waals surface area contributed by atoms with Crippen LogP contribution < -0.4 is 5.32 Å². The van der Waals surface area contributed by atoms with Crippen molar-refractivity contribution >= 4 is 0 Å². The first-order chi connectivity index (χ1) is 10.2. The Labute approximate surface area is 127 Å². The summed E-state index contributed by atoms with van der Waals surface area (Å²) in [5, 5.41) is 3.55. The van der Waals surface area contributed by atoms with Crippen LogP contribution in [-0.4, -0.2) is 35.6 Å². The van der Waals surface area contributed by atoms with Crippen molar-refractivity contribution in [3.63, 3.8) is 0 Å². The molecule has 1 aliphatic rings. The first-order valence-electron chi connectivity index (χ1n) is 8.33. The topological polar surface area (TPSA) is 28.2 Å². The van der Waals surface area contributed by atoms with Crippen LogP contribution in [0.15, 0.2) is 18.3 Å². The van der Waals surface area contributed by atoms with Crippen molar-refractivity contribution in [1.29, 1.82) is 0 Å². The molecular weight excluding hydrogens is 265 g/mol. The van der Waals surface area contributed by atoms with E-state index < -0.39 is 0 Å². The summed E-state index contributed by atoms with van der Waals surface area (Å²) in [6.07, 6.45) is 7.36. The summed E-state index contributed by atoms with van der Waals surface area (Å²) in [5.41, 5.74) is 0.956. The van der Waals surface area contributed by atoms with Crippen LogP contribution in [0, 0.1) is 5.82 Å². The minimum Gasteiger partial charge on any atom is -0.309 e. The van der Waals surface area contributed by atoms with Gasteiger partial charge in [0.25, 0.3) is 0 Å². The highest BCUT2D eigenvalue weighted by Crippen LogP contribution is 2.28. The number of aromatic nitrogens is 1. The van der Waals surface area contributed by atoms with E-state index in [9.17, 15) is 4.39 Å². The maximum Gasteiger partial charge on any atom is 0.141 e. The van der Waals surface area contributed by atoms with Gasteiger partial charge in [-0.15, -0.1) is 0 Å². The molecule has 0 radical (unpaired) electrons. The molecule has 2 rings (SSSR count). The van der Waals surface area contributed by atoms with E-state index >= 15 is 0 Å². The van der Waals surface area contributed by atoms with E-state index in [-0.39, 0.29) is 11.9 Å². The van der Waals surface area contributed by atoms with E-state index in [1.165, 1.54) is 38.1 Å². The number of halogens is 1. The standard InChI is InChI=1S/C17H28FN3/c1-3-10-19-17(16-8-5-14(18)13-20-16)9-12-21(11-4-2)15-6-7-15/h5,8,13,15,17,19H,3-4,6-7,9-12H2,1-2H3. The van der Waals surface area contributed by atoms with Gasteiger partial charge in [-0.05, 0) is 57.3 Å². The van der Waals surface area contributed by atoms with Crippen LogP contribution in [0.5, 0.6) is 0 Å². The molecular formula is C17H28FN3. The van der Waals surface area contributed by atoms with E-state index in [1.54, 1.807) is 0 Å². The summed E-state index contributed by atoms with van der Waals surface area (Å²) in [4.78, 5) is 6.86. The van der Waals surface area contributed by atoms with Crippen molar-refractivity contribution in [3.8, 4) is 0 Å². The second kappa shape index (κ2) is 8.44. The second-order valence-corrected chi connectivity index (χ2v) is 5.96. The summed E-state index contributed by atoms with van der Waals surface area (Å²) < 4.78 is 13.0. The fraction of sp³-hybridized carbons (Fsp3) is 0.706. The third kappa shape index (κ3) is 5.36. The Balaban J connectivity index is 1.93. The van der Waals surface area contributed by atoms with E-state index in [0.29, 0.717) is 0 Å². The molecule has 0 saturated heterocycles. The van der Waals surface area contributed by atoms with Gasteiger partial charge in [0.1, 0.15) is 5.82 Å². The van der Waals surface area contributed by atoms with Crippen molar-refractivity contribution in [2.24, 2.45) is 0 Å². The Bertz CT molecular complexity index is 403. The number of rotatable bonds is 10. The molecule has 0 aromatic carbocycles. The minimum atomic E-state index is -0.265. The number of pyridine rings is 1. The lowest BCUT2D eigenvalue weighted by atomic mass is 10.1. The summed E-state index contributed by atoms with van der Waals surface area (Å²) in [5.74, 6) is -0.265. The van der Waals surface area contributed by atoms with Crippen molar-refractivity contribution in [2.75, 3.05) is 19.6 Å². The van der Waals surface area contributed by atoms with Crippen molar-refractivity contribution in [1.82, 2.24) is 15.2 Å².